The van der Waals surface area contributed by atoms with Gasteiger partial charge in [0.05, 0.1) is 6.61 Å². The number of quaternary nitrogens is 2. The highest BCUT2D eigenvalue weighted by molar-refractivity contribution is 5.77. The Morgan fingerprint density at radius 3 is 2.61 bits per heavy atom. The number of piperazine rings is 1. The van der Waals surface area contributed by atoms with Crippen molar-refractivity contribution in [1.29, 1.82) is 0 Å². The molecular weight excluding hydrogens is 393 g/mol. The molecule has 2 aromatic rings. The van der Waals surface area contributed by atoms with Gasteiger partial charge in [0, 0.05) is 30.1 Å². The van der Waals surface area contributed by atoms with Gasteiger partial charge in [-0.3, -0.25) is 4.79 Å². The van der Waals surface area contributed by atoms with Gasteiger partial charge in [-0.2, -0.15) is 0 Å². The maximum absolute atomic E-state index is 14.1. The number of fused-ring (bicyclic) bond motifs is 1. The van der Waals surface area contributed by atoms with E-state index in [0.717, 1.165) is 64.3 Å². The average Bonchev–Trinajstić information content (AvgIpc) is 3.51. The second kappa shape index (κ2) is 8.97. The number of halogens is 1. The number of ether oxygens (including phenoxy) is 1. The first kappa shape index (κ1) is 20.5. The average molecular weight is 426 g/mol. The van der Waals surface area contributed by atoms with E-state index in [0.29, 0.717) is 24.7 Å². The fraction of sp³-hybridized carbons (Fsp3) is 0.480. The standard InChI is InChI=1S/C25H30FN3O2/c26-23-4-2-1-3-21(23)17-29(22-6-7-22)25(30)18-28-12-10-27(11-13-28)16-19-5-8-24-20(15-19)9-14-31-24/h1-5,8,15,22H,6-7,9-14,16-18H2/p+2. The van der Waals surface area contributed by atoms with Crippen LogP contribution in [0, 0.1) is 5.82 Å². The van der Waals surface area contributed by atoms with Crippen molar-refractivity contribution in [3.63, 3.8) is 0 Å². The predicted octanol–water partition coefficient (Wildman–Crippen LogP) is 0.235. The number of benzene rings is 2. The first-order chi connectivity index (χ1) is 15.2. The molecule has 0 unspecified atom stereocenters. The summed E-state index contributed by atoms with van der Waals surface area (Å²) in [6.45, 7) is 6.92. The van der Waals surface area contributed by atoms with Gasteiger partial charge in [-0.05, 0) is 42.7 Å². The third-order valence-electron chi connectivity index (χ3n) is 6.88. The van der Waals surface area contributed by atoms with Gasteiger partial charge in [-0.1, -0.05) is 18.2 Å². The number of hydrogen-bond acceptors (Lipinski definition) is 2. The number of rotatable bonds is 7. The Balaban J connectivity index is 1.13. The summed E-state index contributed by atoms with van der Waals surface area (Å²) in [5, 5.41) is 0. The fourth-order valence-corrected chi connectivity index (χ4v) is 4.88. The van der Waals surface area contributed by atoms with Gasteiger partial charge < -0.3 is 19.4 Å². The zero-order chi connectivity index (χ0) is 21.2. The van der Waals surface area contributed by atoms with E-state index in [2.05, 4.69) is 18.2 Å². The highest BCUT2D eigenvalue weighted by Crippen LogP contribution is 2.29. The van der Waals surface area contributed by atoms with Crippen molar-refractivity contribution in [3.8, 4) is 5.75 Å². The Bertz CT molecular complexity index is 938. The van der Waals surface area contributed by atoms with Crippen LogP contribution in [0.2, 0.25) is 0 Å². The molecule has 1 saturated heterocycles. The number of carbonyl (C=O) groups excluding carboxylic acids is 1. The summed E-state index contributed by atoms with van der Waals surface area (Å²) < 4.78 is 19.7. The van der Waals surface area contributed by atoms with E-state index < -0.39 is 0 Å². The highest BCUT2D eigenvalue weighted by Gasteiger charge is 2.35. The monoisotopic (exact) mass is 425 g/mol. The lowest BCUT2D eigenvalue weighted by molar-refractivity contribution is -1.02. The summed E-state index contributed by atoms with van der Waals surface area (Å²) in [5.41, 5.74) is 3.33. The minimum absolute atomic E-state index is 0.169. The van der Waals surface area contributed by atoms with E-state index in [1.165, 1.54) is 22.1 Å². The van der Waals surface area contributed by atoms with Crippen molar-refractivity contribution < 1.29 is 23.7 Å². The van der Waals surface area contributed by atoms with Crippen LogP contribution in [0.15, 0.2) is 42.5 Å². The van der Waals surface area contributed by atoms with Crippen molar-refractivity contribution in [1.82, 2.24) is 4.90 Å². The van der Waals surface area contributed by atoms with Crippen LogP contribution in [-0.4, -0.2) is 56.2 Å². The summed E-state index contributed by atoms with van der Waals surface area (Å²) >= 11 is 0. The molecule has 0 spiro atoms. The molecule has 164 valence electrons. The van der Waals surface area contributed by atoms with Gasteiger partial charge in [-0.25, -0.2) is 4.39 Å². The Morgan fingerprint density at radius 2 is 1.84 bits per heavy atom. The maximum atomic E-state index is 14.1. The minimum Gasteiger partial charge on any atom is -0.493 e. The lowest BCUT2D eigenvalue weighted by Crippen LogP contribution is -3.28. The van der Waals surface area contributed by atoms with Gasteiger partial charge in [0.1, 0.15) is 44.3 Å². The summed E-state index contributed by atoms with van der Waals surface area (Å²) in [6, 6.07) is 13.7. The summed E-state index contributed by atoms with van der Waals surface area (Å²) in [6.07, 6.45) is 3.10. The van der Waals surface area contributed by atoms with E-state index in [-0.39, 0.29) is 11.7 Å². The van der Waals surface area contributed by atoms with Crippen LogP contribution in [0.1, 0.15) is 29.5 Å². The lowest BCUT2D eigenvalue weighted by atomic mass is 10.1. The number of nitrogens with one attached hydrogen (secondary N) is 2. The fourth-order valence-electron chi connectivity index (χ4n) is 4.88. The molecule has 6 heteroatoms. The summed E-state index contributed by atoms with van der Waals surface area (Å²) in [5.74, 6) is 0.994. The lowest BCUT2D eigenvalue weighted by Gasteiger charge is -2.31. The van der Waals surface area contributed by atoms with Crippen molar-refractivity contribution in [2.75, 3.05) is 39.3 Å². The third-order valence-corrected chi connectivity index (χ3v) is 6.88. The van der Waals surface area contributed by atoms with Crippen LogP contribution in [0.4, 0.5) is 4.39 Å². The SMILES string of the molecule is O=C(C[NH+]1CC[NH+](Cc2ccc3c(c2)CCO3)CC1)N(Cc1ccccc1F)C1CC1. The smallest absolute Gasteiger partial charge is 0.278 e. The highest BCUT2D eigenvalue weighted by atomic mass is 19.1. The molecule has 2 fully saturated rings. The normalized spacial score (nSPS) is 22.6. The molecule has 1 aliphatic carbocycles. The molecule has 5 rings (SSSR count). The van der Waals surface area contributed by atoms with E-state index >= 15 is 0 Å². The molecule has 3 aliphatic rings. The van der Waals surface area contributed by atoms with Gasteiger partial charge in [-0.15, -0.1) is 0 Å². The second-order valence-electron chi connectivity index (χ2n) is 9.24. The van der Waals surface area contributed by atoms with Crippen molar-refractivity contribution in [2.24, 2.45) is 0 Å². The molecule has 0 radical (unpaired) electrons. The molecule has 2 aromatic carbocycles. The number of hydrogen-bond donors (Lipinski definition) is 2. The zero-order valence-corrected chi connectivity index (χ0v) is 18.0. The van der Waals surface area contributed by atoms with E-state index in [1.54, 1.807) is 17.0 Å². The Morgan fingerprint density at radius 1 is 1.06 bits per heavy atom. The third kappa shape index (κ3) is 4.91. The van der Waals surface area contributed by atoms with Gasteiger partial charge in [0.2, 0.25) is 0 Å². The van der Waals surface area contributed by atoms with E-state index in [1.807, 2.05) is 11.0 Å². The Labute approximate surface area is 183 Å². The predicted molar refractivity (Wildman–Crippen MR) is 116 cm³/mol. The van der Waals surface area contributed by atoms with Crippen LogP contribution in [0.5, 0.6) is 5.75 Å². The topological polar surface area (TPSA) is 38.4 Å². The molecule has 2 heterocycles. The minimum atomic E-state index is -0.219. The van der Waals surface area contributed by atoms with Crippen LogP contribution in [0.3, 0.4) is 0 Å². The van der Waals surface area contributed by atoms with Crippen LogP contribution in [-0.2, 0) is 24.3 Å². The second-order valence-corrected chi connectivity index (χ2v) is 9.24. The summed E-state index contributed by atoms with van der Waals surface area (Å²) in [4.78, 5) is 17.9. The van der Waals surface area contributed by atoms with Crippen molar-refractivity contribution in [2.45, 2.75) is 38.4 Å². The molecule has 5 nitrogen and oxygen atoms in total. The summed E-state index contributed by atoms with van der Waals surface area (Å²) in [7, 11) is 0. The molecule has 2 aliphatic heterocycles. The Hall–Kier alpha value is -2.44. The molecule has 1 saturated carbocycles. The van der Waals surface area contributed by atoms with Crippen molar-refractivity contribution in [3.05, 3.63) is 65.0 Å². The number of amides is 1. The first-order valence-electron chi connectivity index (χ1n) is 11.6. The quantitative estimate of drug-likeness (QED) is 0.667. The van der Waals surface area contributed by atoms with Crippen LogP contribution < -0.4 is 14.5 Å². The van der Waals surface area contributed by atoms with E-state index in [9.17, 15) is 9.18 Å². The van der Waals surface area contributed by atoms with Gasteiger partial charge in [0.15, 0.2) is 6.54 Å². The molecular formula is C25H32FN3O2+2. The van der Waals surface area contributed by atoms with Gasteiger partial charge >= 0.3 is 0 Å². The van der Waals surface area contributed by atoms with Crippen LogP contribution >= 0.6 is 0 Å². The zero-order valence-electron chi connectivity index (χ0n) is 18.0. The Kier molecular flexibility index (Phi) is 5.92. The molecule has 0 atom stereocenters. The van der Waals surface area contributed by atoms with Crippen LogP contribution in [0.25, 0.3) is 0 Å². The largest absolute Gasteiger partial charge is 0.493 e. The molecule has 31 heavy (non-hydrogen) atoms. The molecule has 2 N–H and O–H groups in total. The first-order valence-corrected chi connectivity index (χ1v) is 11.6. The van der Waals surface area contributed by atoms with Crippen molar-refractivity contribution >= 4 is 5.91 Å². The van der Waals surface area contributed by atoms with E-state index in [4.69, 9.17) is 4.74 Å². The number of carbonyl (C=O) groups is 1. The maximum Gasteiger partial charge on any atom is 0.278 e. The number of nitrogens with zero attached hydrogens (tertiary/aromatic N) is 1. The molecule has 0 aromatic heterocycles. The molecule has 0 bridgehead atoms. The molecule has 1 amide bonds. The van der Waals surface area contributed by atoms with Gasteiger partial charge in [0.25, 0.3) is 5.91 Å².